The Morgan fingerprint density at radius 1 is 1.70 bits per heavy atom. The molecule has 0 radical (unpaired) electrons. The second-order valence-corrected chi connectivity index (χ2v) is 2.40. The van der Waals surface area contributed by atoms with Crippen molar-refractivity contribution in [3.05, 3.63) is 6.26 Å². The van der Waals surface area contributed by atoms with Crippen LogP contribution in [0, 0.1) is 16.7 Å². The van der Waals surface area contributed by atoms with Gasteiger partial charge in [0, 0.05) is 12.3 Å². The van der Waals surface area contributed by atoms with Crippen LogP contribution < -0.4 is 0 Å². The summed E-state index contributed by atoms with van der Waals surface area (Å²) in [5.74, 6) is 2.55. The van der Waals surface area contributed by atoms with Gasteiger partial charge in [-0.15, -0.1) is 0 Å². The van der Waals surface area contributed by atoms with E-state index in [1.54, 1.807) is 0 Å². The molecule has 0 fully saturated rings. The van der Waals surface area contributed by atoms with E-state index in [1.165, 1.54) is 0 Å². The summed E-state index contributed by atoms with van der Waals surface area (Å²) in [4.78, 5) is 0. The molecule has 0 aliphatic rings. The standard InChI is InChI=1S/C7H12N2O/c1-6(2)5-7(9)10-4-3-8/h4,6,8-9H,5H2,1-2H3. The molecule has 0 aliphatic carbocycles. The summed E-state index contributed by atoms with van der Waals surface area (Å²) in [6.45, 7) is 4.01. The van der Waals surface area contributed by atoms with Crippen molar-refractivity contribution in [1.82, 2.24) is 0 Å². The van der Waals surface area contributed by atoms with E-state index in [4.69, 9.17) is 10.8 Å². The Hall–Kier alpha value is -1.08. The van der Waals surface area contributed by atoms with E-state index < -0.39 is 0 Å². The topological polar surface area (TPSA) is 56.9 Å². The highest BCUT2D eigenvalue weighted by molar-refractivity contribution is 5.74. The molecule has 0 aromatic carbocycles. The van der Waals surface area contributed by atoms with Crippen molar-refractivity contribution in [2.24, 2.45) is 5.92 Å². The molecule has 0 saturated heterocycles. The number of nitrogens with one attached hydrogen (secondary N) is 2. The molecule has 2 N–H and O–H groups in total. The summed E-state index contributed by atoms with van der Waals surface area (Å²) < 4.78 is 4.66. The molecule has 0 bridgehead atoms. The van der Waals surface area contributed by atoms with Crippen LogP contribution in [-0.2, 0) is 4.74 Å². The average molecular weight is 140 g/mol. The van der Waals surface area contributed by atoms with Gasteiger partial charge in [-0.2, -0.15) is 0 Å². The van der Waals surface area contributed by atoms with Crippen LogP contribution in [0.4, 0.5) is 0 Å². The fourth-order valence-electron chi connectivity index (χ4n) is 0.519. The highest BCUT2D eigenvalue weighted by Crippen LogP contribution is 2.00. The molecule has 0 spiro atoms. The maximum atomic E-state index is 7.15. The summed E-state index contributed by atoms with van der Waals surface area (Å²) in [7, 11) is 0. The second-order valence-electron chi connectivity index (χ2n) is 2.40. The molecule has 0 rings (SSSR count). The first kappa shape index (κ1) is 8.92. The van der Waals surface area contributed by atoms with Crippen molar-refractivity contribution in [1.29, 1.82) is 10.8 Å². The summed E-state index contributed by atoms with van der Waals surface area (Å²) in [6.07, 6.45) is 1.68. The van der Waals surface area contributed by atoms with E-state index in [2.05, 4.69) is 4.74 Å². The van der Waals surface area contributed by atoms with Crippen molar-refractivity contribution in [3.8, 4) is 0 Å². The van der Waals surface area contributed by atoms with Crippen LogP contribution in [0.5, 0.6) is 0 Å². The Balaban J connectivity index is 3.54. The largest absolute Gasteiger partial charge is 0.441 e. The predicted octanol–water partition coefficient (Wildman–Crippen LogP) is 1.79. The zero-order valence-electron chi connectivity index (χ0n) is 6.27. The smallest absolute Gasteiger partial charge is 0.187 e. The third-order valence-electron chi connectivity index (χ3n) is 0.854. The maximum Gasteiger partial charge on any atom is 0.187 e. The minimum atomic E-state index is 0.190. The number of ether oxygens (including phenoxy) is 1. The normalized spacial score (nSPS) is 8.70. The van der Waals surface area contributed by atoms with Crippen LogP contribution in [-0.4, -0.2) is 11.8 Å². The Morgan fingerprint density at radius 2 is 2.30 bits per heavy atom. The van der Waals surface area contributed by atoms with Gasteiger partial charge in [0.2, 0.25) is 0 Å². The van der Waals surface area contributed by atoms with Gasteiger partial charge in [0.15, 0.2) is 12.2 Å². The second kappa shape index (κ2) is 4.77. The summed E-state index contributed by atoms with van der Waals surface area (Å²) in [5.41, 5.74) is 0. The van der Waals surface area contributed by atoms with Crippen LogP contribution in [0.1, 0.15) is 20.3 Å². The molecule has 3 nitrogen and oxygen atoms in total. The molecular formula is C7H12N2O. The molecule has 0 atom stereocenters. The molecule has 0 heterocycles. The molecule has 10 heavy (non-hydrogen) atoms. The number of hydrogen-bond donors (Lipinski definition) is 2. The Labute approximate surface area is 60.7 Å². The summed E-state index contributed by atoms with van der Waals surface area (Å²) in [5, 5.41) is 13.6. The molecule has 56 valence electrons. The van der Waals surface area contributed by atoms with Crippen molar-refractivity contribution in [2.45, 2.75) is 20.3 Å². The molecule has 0 aromatic rings. The number of hydrogen-bond acceptors (Lipinski definition) is 3. The third-order valence-corrected chi connectivity index (χ3v) is 0.854. The minimum absolute atomic E-state index is 0.190. The predicted molar refractivity (Wildman–Crippen MR) is 40.6 cm³/mol. The SMILES string of the molecule is CC(C)CC(=N)OC=C=N. The Kier molecular flexibility index (Phi) is 4.25. The van der Waals surface area contributed by atoms with Crippen molar-refractivity contribution < 1.29 is 4.74 Å². The molecule has 0 saturated carbocycles. The minimum Gasteiger partial charge on any atom is -0.441 e. The Morgan fingerprint density at radius 3 is 2.70 bits per heavy atom. The molecular weight excluding hydrogens is 128 g/mol. The van der Waals surface area contributed by atoms with Gasteiger partial charge < -0.3 is 4.74 Å². The maximum absolute atomic E-state index is 7.15. The van der Waals surface area contributed by atoms with Gasteiger partial charge in [-0.05, 0) is 5.92 Å². The Bertz CT molecular complexity index is 157. The van der Waals surface area contributed by atoms with Crippen molar-refractivity contribution >= 4 is 11.8 Å². The van der Waals surface area contributed by atoms with Crippen LogP contribution in [0.3, 0.4) is 0 Å². The molecule has 3 heteroatoms. The fourth-order valence-corrected chi connectivity index (χ4v) is 0.519. The molecule has 0 amide bonds. The third kappa shape index (κ3) is 5.06. The highest BCUT2D eigenvalue weighted by atomic mass is 16.5. The monoisotopic (exact) mass is 140 g/mol. The van der Waals surface area contributed by atoms with Gasteiger partial charge in [-0.1, -0.05) is 13.8 Å². The first-order valence-corrected chi connectivity index (χ1v) is 3.15. The van der Waals surface area contributed by atoms with Crippen LogP contribution in [0.2, 0.25) is 0 Å². The zero-order valence-corrected chi connectivity index (χ0v) is 6.27. The fraction of sp³-hybridized carbons (Fsp3) is 0.571. The van der Waals surface area contributed by atoms with Crippen molar-refractivity contribution in [3.63, 3.8) is 0 Å². The van der Waals surface area contributed by atoms with Gasteiger partial charge in [0.25, 0.3) is 0 Å². The van der Waals surface area contributed by atoms with E-state index in [0.717, 1.165) is 6.26 Å². The van der Waals surface area contributed by atoms with Crippen LogP contribution >= 0.6 is 0 Å². The van der Waals surface area contributed by atoms with E-state index in [0.29, 0.717) is 12.3 Å². The number of rotatable bonds is 3. The molecule has 0 aliphatic heterocycles. The first-order chi connectivity index (χ1) is 4.66. The lowest BCUT2D eigenvalue weighted by Crippen LogP contribution is -2.02. The average Bonchev–Trinajstić information content (AvgIpc) is 1.82. The van der Waals surface area contributed by atoms with Gasteiger partial charge in [-0.25, -0.2) is 0 Å². The molecule has 0 unspecified atom stereocenters. The van der Waals surface area contributed by atoms with Gasteiger partial charge in [0.1, 0.15) is 0 Å². The van der Waals surface area contributed by atoms with E-state index >= 15 is 0 Å². The van der Waals surface area contributed by atoms with Gasteiger partial charge >= 0.3 is 0 Å². The summed E-state index contributed by atoms with van der Waals surface area (Å²) in [6, 6.07) is 0. The van der Waals surface area contributed by atoms with E-state index in [-0.39, 0.29) is 5.90 Å². The first-order valence-electron chi connectivity index (χ1n) is 3.15. The highest BCUT2D eigenvalue weighted by Gasteiger charge is 1.98. The molecule has 0 aromatic heterocycles. The van der Waals surface area contributed by atoms with Crippen LogP contribution in [0.25, 0.3) is 0 Å². The quantitative estimate of drug-likeness (QED) is 0.350. The lowest BCUT2D eigenvalue weighted by atomic mass is 10.1. The lowest BCUT2D eigenvalue weighted by molar-refractivity contribution is 0.441. The van der Waals surface area contributed by atoms with Gasteiger partial charge in [0.05, 0.1) is 0 Å². The van der Waals surface area contributed by atoms with Crippen LogP contribution in [0.15, 0.2) is 6.26 Å². The van der Waals surface area contributed by atoms with E-state index in [1.807, 2.05) is 19.7 Å². The zero-order chi connectivity index (χ0) is 7.98. The van der Waals surface area contributed by atoms with Gasteiger partial charge in [-0.3, -0.25) is 10.8 Å². The van der Waals surface area contributed by atoms with Crippen molar-refractivity contribution in [2.75, 3.05) is 0 Å². The lowest BCUT2D eigenvalue weighted by Gasteiger charge is -2.02. The summed E-state index contributed by atoms with van der Waals surface area (Å²) >= 11 is 0. The van der Waals surface area contributed by atoms with E-state index in [9.17, 15) is 0 Å².